The molecule has 0 aromatic heterocycles. The van der Waals surface area contributed by atoms with Crippen molar-refractivity contribution in [1.82, 2.24) is 9.21 Å². The normalized spacial score (nSPS) is 20.2. The lowest BCUT2D eigenvalue weighted by Gasteiger charge is -2.28. The predicted molar refractivity (Wildman–Crippen MR) is 96.9 cm³/mol. The highest BCUT2D eigenvalue weighted by Crippen LogP contribution is 2.35. The van der Waals surface area contributed by atoms with Gasteiger partial charge in [0.25, 0.3) is 0 Å². The Morgan fingerprint density at radius 1 is 1.27 bits per heavy atom. The van der Waals surface area contributed by atoms with Crippen LogP contribution in [-0.2, 0) is 14.8 Å². The zero-order valence-corrected chi connectivity index (χ0v) is 16.1. The van der Waals surface area contributed by atoms with Gasteiger partial charge in [-0.3, -0.25) is 4.79 Å². The lowest BCUT2D eigenvalue weighted by atomic mass is 10.2. The van der Waals surface area contributed by atoms with E-state index in [0.29, 0.717) is 50.6 Å². The first-order chi connectivity index (χ1) is 12.4. The highest BCUT2D eigenvalue weighted by molar-refractivity contribution is 7.89. The van der Waals surface area contributed by atoms with Gasteiger partial charge in [-0.2, -0.15) is 4.31 Å². The van der Waals surface area contributed by atoms with Crippen molar-refractivity contribution in [3.8, 4) is 11.5 Å². The summed E-state index contributed by atoms with van der Waals surface area (Å²) in [6.45, 7) is 3.90. The quantitative estimate of drug-likeness (QED) is 0.751. The molecule has 1 atom stereocenters. The first-order valence-corrected chi connectivity index (χ1v) is 10.6. The average Bonchev–Trinajstić information content (AvgIpc) is 3.15. The van der Waals surface area contributed by atoms with Gasteiger partial charge in [0.2, 0.25) is 15.9 Å². The average molecular weight is 382 g/mol. The van der Waals surface area contributed by atoms with E-state index in [4.69, 9.17) is 9.47 Å². The molecule has 144 valence electrons. The summed E-state index contributed by atoms with van der Waals surface area (Å²) in [6, 6.07) is 3.99. The van der Waals surface area contributed by atoms with Gasteiger partial charge >= 0.3 is 0 Å². The van der Waals surface area contributed by atoms with Crippen LogP contribution in [0.15, 0.2) is 23.1 Å². The minimum atomic E-state index is -3.77. The minimum Gasteiger partial charge on any atom is -0.486 e. The highest BCUT2D eigenvalue weighted by Gasteiger charge is 2.40. The Morgan fingerprint density at radius 3 is 2.73 bits per heavy atom. The first-order valence-electron chi connectivity index (χ1n) is 9.11. The number of carbonyl (C=O) groups is 1. The van der Waals surface area contributed by atoms with Crippen LogP contribution in [0.3, 0.4) is 0 Å². The van der Waals surface area contributed by atoms with Gasteiger partial charge in [-0.1, -0.05) is 13.3 Å². The number of nitrogens with zero attached hydrogens (tertiary/aromatic N) is 2. The lowest BCUT2D eigenvalue weighted by molar-refractivity contribution is -0.133. The standard InChI is InChI=1S/C18H26N2O5S/c1-3-4-9-19(2)18(21)15-6-5-10-20(15)26(22,23)14-7-8-16-17(13-14)25-12-11-24-16/h7-8,13,15H,3-6,9-12H2,1-2H3. The third-order valence-corrected chi connectivity index (χ3v) is 6.74. The summed E-state index contributed by atoms with van der Waals surface area (Å²) in [7, 11) is -2.03. The Morgan fingerprint density at radius 2 is 2.00 bits per heavy atom. The topological polar surface area (TPSA) is 76.2 Å². The molecule has 0 aliphatic carbocycles. The Balaban J connectivity index is 1.82. The van der Waals surface area contributed by atoms with Gasteiger partial charge in [0.05, 0.1) is 4.90 Å². The summed E-state index contributed by atoms with van der Waals surface area (Å²) >= 11 is 0. The fourth-order valence-corrected chi connectivity index (χ4v) is 5.02. The van der Waals surface area contributed by atoms with Crippen LogP contribution in [-0.4, -0.2) is 62.9 Å². The Kier molecular flexibility index (Phi) is 5.72. The van der Waals surface area contributed by atoms with Gasteiger partial charge in [-0.25, -0.2) is 8.42 Å². The molecule has 3 rings (SSSR count). The van der Waals surface area contributed by atoms with Gasteiger partial charge in [0.1, 0.15) is 19.3 Å². The maximum Gasteiger partial charge on any atom is 0.243 e. The van der Waals surface area contributed by atoms with E-state index in [-0.39, 0.29) is 10.8 Å². The molecule has 1 aromatic carbocycles. The molecule has 1 amide bonds. The maximum absolute atomic E-state index is 13.1. The number of amides is 1. The van der Waals surface area contributed by atoms with Crippen molar-refractivity contribution in [3.05, 3.63) is 18.2 Å². The van der Waals surface area contributed by atoms with E-state index >= 15 is 0 Å². The highest BCUT2D eigenvalue weighted by atomic mass is 32.2. The third kappa shape index (κ3) is 3.66. The van der Waals surface area contributed by atoms with E-state index in [1.165, 1.54) is 16.4 Å². The summed E-state index contributed by atoms with van der Waals surface area (Å²) in [5, 5.41) is 0. The summed E-state index contributed by atoms with van der Waals surface area (Å²) in [6.07, 6.45) is 3.13. The molecule has 2 aliphatic rings. The summed E-state index contributed by atoms with van der Waals surface area (Å²) in [4.78, 5) is 14.5. The summed E-state index contributed by atoms with van der Waals surface area (Å²) < 4.78 is 38.5. The summed E-state index contributed by atoms with van der Waals surface area (Å²) in [5.74, 6) is 0.847. The number of hydrogen-bond donors (Lipinski definition) is 0. The van der Waals surface area contributed by atoms with E-state index in [9.17, 15) is 13.2 Å². The second-order valence-corrected chi connectivity index (χ2v) is 8.58. The lowest BCUT2D eigenvalue weighted by Crippen LogP contribution is -2.46. The number of benzene rings is 1. The van der Waals surface area contributed by atoms with Crippen molar-refractivity contribution in [3.63, 3.8) is 0 Å². The van der Waals surface area contributed by atoms with Crippen LogP contribution in [0, 0.1) is 0 Å². The molecule has 26 heavy (non-hydrogen) atoms. The first kappa shape index (κ1) is 19.0. The maximum atomic E-state index is 13.1. The zero-order chi connectivity index (χ0) is 18.7. The van der Waals surface area contributed by atoms with E-state index in [1.807, 2.05) is 0 Å². The monoisotopic (exact) mass is 382 g/mol. The van der Waals surface area contributed by atoms with Crippen LogP contribution >= 0.6 is 0 Å². The molecule has 1 aromatic rings. The molecule has 1 unspecified atom stereocenters. The van der Waals surface area contributed by atoms with Crippen molar-refractivity contribution in [2.75, 3.05) is 33.4 Å². The number of ether oxygens (including phenoxy) is 2. The predicted octanol–water partition coefficient (Wildman–Crippen LogP) is 1.87. The van der Waals surface area contributed by atoms with Gasteiger partial charge in [-0.15, -0.1) is 0 Å². The Bertz CT molecular complexity index is 765. The number of likely N-dealkylation sites (N-methyl/N-ethyl adjacent to an activating group) is 1. The number of unbranched alkanes of at least 4 members (excludes halogenated alkanes) is 1. The third-order valence-electron chi connectivity index (χ3n) is 4.83. The smallest absolute Gasteiger partial charge is 0.243 e. The van der Waals surface area contributed by atoms with Crippen molar-refractivity contribution >= 4 is 15.9 Å². The molecule has 1 fully saturated rings. The van der Waals surface area contributed by atoms with Crippen molar-refractivity contribution in [2.45, 2.75) is 43.5 Å². The minimum absolute atomic E-state index is 0.128. The Hall–Kier alpha value is -1.80. The molecule has 2 aliphatic heterocycles. The van der Waals surface area contributed by atoms with Gasteiger partial charge in [0, 0.05) is 26.2 Å². The SMILES string of the molecule is CCCCN(C)C(=O)C1CCCN1S(=O)(=O)c1ccc2c(c1)OCCO2. The molecule has 2 heterocycles. The second kappa shape index (κ2) is 7.84. The molecule has 0 radical (unpaired) electrons. The molecule has 7 nitrogen and oxygen atoms in total. The number of sulfonamides is 1. The zero-order valence-electron chi connectivity index (χ0n) is 15.3. The van der Waals surface area contributed by atoms with Gasteiger partial charge < -0.3 is 14.4 Å². The summed E-state index contributed by atoms with van der Waals surface area (Å²) in [5.41, 5.74) is 0. The van der Waals surface area contributed by atoms with Gasteiger partial charge in [0.15, 0.2) is 11.5 Å². The van der Waals surface area contributed by atoms with Crippen molar-refractivity contribution < 1.29 is 22.7 Å². The molecule has 0 saturated carbocycles. The van der Waals surface area contributed by atoms with Gasteiger partial charge in [-0.05, 0) is 31.4 Å². The van der Waals surface area contributed by atoms with E-state index in [0.717, 1.165) is 12.8 Å². The molecule has 0 spiro atoms. The van der Waals surface area contributed by atoms with Crippen LogP contribution in [0.1, 0.15) is 32.6 Å². The number of rotatable bonds is 6. The van der Waals surface area contributed by atoms with Crippen LogP contribution in [0.25, 0.3) is 0 Å². The molecule has 1 saturated heterocycles. The fourth-order valence-electron chi connectivity index (χ4n) is 3.35. The van der Waals surface area contributed by atoms with Crippen LogP contribution < -0.4 is 9.47 Å². The second-order valence-electron chi connectivity index (χ2n) is 6.69. The fraction of sp³-hybridized carbons (Fsp3) is 0.611. The molecular weight excluding hydrogens is 356 g/mol. The molecule has 0 N–H and O–H groups in total. The molecule has 0 bridgehead atoms. The van der Waals surface area contributed by atoms with Crippen LogP contribution in [0.4, 0.5) is 0 Å². The van der Waals surface area contributed by atoms with E-state index < -0.39 is 16.1 Å². The number of carbonyl (C=O) groups excluding carboxylic acids is 1. The number of fused-ring (bicyclic) bond motifs is 1. The van der Waals surface area contributed by atoms with Crippen LogP contribution in [0.2, 0.25) is 0 Å². The van der Waals surface area contributed by atoms with E-state index in [1.54, 1.807) is 18.0 Å². The number of hydrogen-bond acceptors (Lipinski definition) is 5. The largest absolute Gasteiger partial charge is 0.486 e. The van der Waals surface area contributed by atoms with Crippen molar-refractivity contribution in [2.24, 2.45) is 0 Å². The Labute approximate surface area is 154 Å². The van der Waals surface area contributed by atoms with Crippen LogP contribution in [0.5, 0.6) is 11.5 Å². The van der Waals surface area contributed by atoms with Crippen molar-refractivity contribution in [1.29, 1.82) is 0 Å². The molecule has 8 heteroatoms. The van der Waals surface area contributed by atoms with E-state index in [2.05, 4.69) is 6.92 Å². The molecular formula is C18H26N2O5S.